The minimum atomic E-state index is -3.80. The van der Waals surface area contributed by atoms with Gasteiger partial charge in [0.05, 0.1) is 17.3 Å². The van der Waals surface area contributed by atoms with Crippen molar-refractivity contribution in [3.63, 3.8) is 0 Å². The predicted molar refractivity (Wildman–Crippen MR) is 169 cm³/mol. The molecule has 10 nitrogen and oxygen atoms in total. The molecule has 13 heteroatoms. The molecule has 236 valence electrons. The summed E-state index contributed by atoms with van der Waals surface area (Å²) in [6.45, 7) is 1.25. The van der Waals surface area contributed by atoms with E-state index in [0.29, 0.717) is 54.5 Å². The molecule has 3 aromatic carbocycles. The SMILES string of the molecule is COCCCNNC(=O)[C@@]1(CCS(=O)(=O)c2ccccc2)N=C(c2ccc(OCCCO)cc2)O[C@H]1c1ccc(Cl)cc1Cl. The van der Waals surface area contributed by atoms with E-state index in [4.69, 9.17) is 47.5 Å². The zero-order chi connectivity index (χ0) is 31.6. The number of aliphatic imine (C=N–C) groups is 1. The highest BCUT2D eigenvalue weighted by molar-refractivity contribution is 7.91. The molecule has 0 fully saturated rings. The summed E-state index contributed by atoms with van der Waals surface area (Å²) < 4.78 is 43.9. The molecule has 0 unspecified atom stereocenters. The van der Waals surface area contributed by atoms with Gasteiger partial charge in [0, 0.05) is 60.9 Å². The van der Waals surface area contributed by atoms with E-state index < -0.39 is 33.1 Å². The lowest BCUT2D eigenvalue weighted by Crippen LogP contribution is -2.53. The Morgan fingerprint density at radius 2 is 1.80 bits per heavy atom. The zero-order valence-corrected chi connectivity index (χ0v) is 26.5. The highest BCUT2D eigenvalue weighted by Gasteiger charge is 2.54. The monoisotopic (exact) mass is 663 g/mol. The van der Waals surface area contributed by atoms with E-state index in [9.17, 15) is 13.2 Å². The Morgan fingerprint density at radius 1 is 1.05 bits per heavy atom. The quantitative estimate of drug-likeness (QED) is 0.150. The van der Waals surface area contributed by atoms with E-state index in [-0.39, 0.29) is 28.8 Å². The maximum atomic E-state index is 14.1. The fraction of sp³-hybridized carbons (Fsp3) is 0.355. The van der Waals surface area contributed by atoms with Crippen LogP contribution in [0.5, 0.6) is 5.75 Å². The number of hydrogen-bond acceptors (Lipinski definition) is 9. The van der Waals surface area contributed by atoms with E-state index in [1.807, 2.05) is 0 Å². The van der Waals surface area contributed by atoms with Crippen LogP contribution >= 0.6 is 23.2 Å². The molecule has 1 aliphatic heterocycles. The van der Waals surface area contributed by atoms with Crippen LogP contribution in [0.1, 0.15) is 36.5 Å². The highest BCUT2D eigenvalue weighted by atomic mass is 35.5. The average Bonchev–Trinajstić information content (AvgIpc) is 3.41. The molecular weight excluding hydrogens is 629 g/mol. The number of benzene rings is 3. The predicted octanol–water partition coefficient (Wildman–Crippen LogP) is 4.53. The molecule has 3 N–H and O–H groups in total. The third-order valence-corrected chi connectivity index (χ3v) is 9.28. The molecule has 1 aliphatic rings. The van der Waals surface area contributed by atoms with Gasteiger partial charge in [-0.1, -0.05) is 47.5 Å². The molecule has 0 saturated carbocycles. The number of halogens is 2. The van der Waals surface area contributed by atoms with E-state index in [0.717, 1.165) is 0 Å². The van der Waals surface area contributed by atoms with Crippen molar-refractivity contribution in [2.75, 3.05) is 39.2 Å². The Morgan fingerprint density at radius 3 is 2.48 bits per heavy atom. The number of carbonyl (C=O) groups is 1. The number of aliphatic hydroxyl groups is 1. The van der Waals surface area contributed by atoms with Crippen LogP contribution in [0.4, 0.5) is 0 Å². The normalized spacial score (nSPS) is 18.0. The number of hydrazine groups is 1. The number of carbonyl (C=O) groups excluding carboxylic acids is 1. The van der Waals surface area contributed by atoms with Gasteiger partial charge in [-0.3, -0.25) is 10.2 Å². The van der Waals surface area contributed by atoms with Crippen LogP contribution in [-0.4, -0.2) is 70.1 Å². The molecule has 0 aliphatic carbocycles. The standard InChI is InChI=1S/C31H35Cl2N3O7S/c1-41-18-5-16-34-36-30(38)31(15-20-44(39,40)25-7-3-2-4-8-25)28(26-14-11-23(32)21-27(26)33)43-29(35-31)22-9-12-24(13-10-22)42-19-6-17-37/h2-4,7-14,21,28,34,37H,5-6,15-20H2,1H3,(H,36,38)/t28-,31-/m0/s1. The Hall–Kier alpha value is -3.19. The van der Waals surface area contributed by atoms with Crippen molar-refractivity contribution >= 4 is 44.8 Å². The van der Waals surface area contributed by atoms with Crippen molar-refractivity contribution in [2.24, 2.45) is 4.99 Å². The summed E-state index contributed by atoms with van der Waals surface area (Å²) in [7, 11) is -2.22. The number of nitrogens with zero attached hydrogens (tertiary/aromatic N) is 1. The van der Waals surface area contributed by atoms with Crippen LogP contribution in [0.2, 0.25) is 10.0 Å². The van der Waals surface area contributed by atoms with Crippen molar-refractivity contribution < 1.29 is 32.5 Å². The second-order valence-electron chi connectivity index (χ2n) is 10.1. The summed E-state index contributed by atoms with van der Waals surface area (Å²) in [4.78, 5) is 19.0. The van der Waals surface area contributed by atoms with Crippen molar-refractivity contribution in [3.05, 3.63) is 94.0 Å². The molecule has 0 radical (unpaired) electrons. The fourth-order valence-electron chi connectivity index (χ4n) is 4.65. The molecule has 0 aromatic heterocycles. The first-order valence-electron chi connectivity index (χ1n) is 14.1. The molecule has 1 amide bonds. The van der Waals surface area contributed by atoms with Crippen LogP contribution in [0, 0.1) is 0 Å². The number of sulfone groups is 1. The van der Waals surface area contributed by atoms with Gasteiger partial charge < -0.3 is 19.3 Å². The minimum absolute atomic E-state index is 0.0166. The number of methoxy groups -OCH3 is 1. The first kappa shape index (κ1) is 33.7. The van der Waals surface area contributed by atoms with Gasteiger partial charge in [-0.15, -0.1) is 0 Å². The summed E-state index contributed by atoms with van der Waals surface area (Å²) in [5.74, 6) is -0.271. The maximum absolute atomic E-state index is 14.1. The fourth-order valence-corrected chi connectivity index (χ4v) is 6.55. The van der Waals surface area contributed by atoms with E-state index >= 15 is 0 Å². The van der Waals surface area contributed by atoms with E-state index in [2.05, 4.69) is 10.9 Å². The second kappa shape index (κ2) is 15.7. The number of rotatable bonds is 16. The zero-order valence-electron chi connectivity index (χ0n) is 24.2. The van der Waals surface area contributed by atoms with Crippen LogP contribution in [-0.2, 0) is 24.1 Å². The third kappa shape index (κ3) is 8.29. The molecule has 1 heterocycles. The second-order valence-corrected chi connectivity index (χ2v) is 13.0. The molecule has 0 bridgehead atoms. The van der Waals surface area contributed by atoms with Crippen LogP contribution in [0.3, 0.4) is 0 Å². The first-order valence-corrected chi connectivity index (χ1v) is 16.5. The highest BCUT2D eigenvalue weighted by Crippen LogP contribution is 2.45. The molecular formula is C31H35Cl2N3O7S. The van der Waals surface area contributed by atoms with Gasteiger partial charge in [0.25, 0.3) is 5.91 Å². The van der Waals surface area contributed by atoms with Gasteiger partial charge in [-0.25, -0.2) is 18.8 Å². The van der Waals surface area contributed by atoms with Crippen LogP contribution in [0.15, 0.2) is 82.7 Å². The van der Waals surface area contributed by atoms with Gasteiger partial charge in [0.1, 0.15) is 5.75 Å². The Bertz CT molecular complexity index is 1540. The Kier molecular flexibility index (Phi) is 12.0. The summed E-state index contributed by atoms with van der Waals surface area (Å²) in [6.07, 6.45) is -0.194. The smallest absolute Gasteiger partial charge is 0.266 e. The molecule has 0 spiro atoms. The van der Waals surface area contributed by atoms with E-state index in [1.165, 1.54) is 18.2 Å². The summed E-state index contributed by atoms with van der Waals surface area (Å²) in [5, 5.41) is 9.64. The van der Waals surface area contributed by atoms with Crippen molar-refractivity contribution in [3.8, 4) is 5.75 Å². The molecule has 0 saturated heterocycles. The first-order chi connectivity index (χ1) is 21.2. The number of hydrogen-bond donors (Lipinski definition) is 3. The van der Waals surface area contributed by atoms with Gasteiger partial charge in [-0.2, -0.15) is 0 Å². The summed E-state index contributed by atoms with van der Waals surface area (Å²) in [6, 6.07) is 19.7. The van der Waals surface area contributed by atoms with Crippen molar-refractivity contribution in [1.29, 1.82) is 0 Å². The van der Waals surface area contributed by atoms with Gasteiger partial charge in [0.15, 0.2) is 21.5 Å². The largest absolute Gasteiger partial charge is 0.494 e. The van der Waals surface area contributed by atoms with E-state index in [1.54, 1.807) is 61.7 Å². The number of amides is 1. The molecule has 44 heavy (non-hydrogen) atoms. The molecule has 2 atom stereocenters. The van der Waals surface area contributed by atoms with Crippen molar-refractivity contribution in [2.45, 2.75) is 35.8 Å². The molecule has 4 rings (SSSR count). The topological polar surface area (TPSA) is 136 Å². The average molecular weight is 665 g/mol. The lowest BCUT2D eigenvalue weighted by atomic mass is 9.85. The molecule has 3 aromatic rings. The van der Waals surface area contributed by atoms with Crippen LogP contribution in [0.25, 0.3) is 0 Å². The number of aliphatic hydroxyl groups excluding tert-OH is 1. The van der Waals surface area contributed by atoms with Gasteiger partial charge >= 0.3 is 0 Å². The lowest BCUT2D eigenvalue weighted by Gasteiger charge is -2.31. The van der Waals surface area contributed by atoms with Gasteiger partial charge in [-0.05, 0) is 55.0 Å². The van der Waals surface area contributed by atoms with Crippen molar-refractivity contribution in [1.82, 2.24) is 10.9 Å². The summed E-state index contributed by atoms with van der Waals surface area (Å²) >= 11 is 12.8. The maximum Gasteiger partial charge on any atom is 0.266 e. The van der Waals surface area contributed by atoms with Crippen LogP contribution < -0.4 is 15.6 Å². The number of ether oxygens (including phenoxy) is 3. The minimum Gasteiger partial charge on any atom is -0.494 e. The Labute approximate surface area is 267 Å². The summed E-state index contributed by atoms with van der Waals surface area (Å²) in [5.41, 5.74) is 4.82. The third-order valence-electron chi connectivity index (χ3n) is 6.98. The number of nitrogens with one attached hydrogen (secondary N) is 2. The Balaban J connectivity index is 1.75. The lowest BCUT2D eigenvalue weighted by molar-refractivity contribution is -0.130. The van der Waals surface area contributed by atoms with Gasteiger partial charge in [0.2, 0.25) is 5.90 Å².